The lowest BCUT2D eigenvalue weighted by Crippen LogP contribution is -2.07. The first-order valence-electron chi connectivity index (χ1n) is 6.45. The average Bonchev–Trinajstić information content (AvgIpc) is 3.06. The van der Waals surface area contributed by atoms with Gasteiger partial charge in [0, 0.05) is 5.69 Å². The Labute approximate surface area is 127 Å². The summed E-state index contributed by atoms with van der Waals surface area (Å²) in [6.45, 7) is 3.51. The van der Waals surface area contributed by atoms with Gasteiger partial charge in [-0.15, -0.1) is 11.8 Å². The number of esters is 1. The number of ketones is 1. The summed E-state index contributed by atoms with van der Waals surface area (Å²) in [5.41, 5.74) is 2.21. The van der Waals surface area contributed by atoms with Crippen LogP contribution in [-0.2, 0) is 10.5 Å². The Hall–Kier alpha value is -1.95. The fraction of sp³-hybridized carbons (Fsp3) is 0.333. The summed E-state index contributed by atoms with van der Waals surface area (Å²) in [6, 6.07) is 3.69. The SMILES string of the molecule is COC(=O)c1c(C)[nH]c(C(=O)CSCc2ccco2)c1C. The molecule has 0 atom stereocenters. The highest BCUT2D eigenvalue weighted by molar-refractivity contribution is 7.99. The van der Waals surface area contributed by atoms with Crippen LogP contribution >= 0.6 is 11.8 Å². The van der Waals surface area contributed by atoms with Crippen LogP contribution in [0.5, 0.6) is 0 Å². The van der Waals surface area contributed by atoms with Crippen LogP contribution in [0.1, 0.15) is 37.9 Å². The predicted molar refractivity (Wildman–Crippen MR) is 80.8 cm³/mol. The third kappa shape index (κ3) is 3.39. The van der Waals surface area contributed by atoms with E-state index in [1.165, 1.54) is 18.9 Å². The van der Waals surface area contributed by atoms with Gasteiger partial charge in [-0.1, -0.05) is 0 Å². The predicted octanol–water partition coefficient (Wildman–Crippen LogP) is 3.13. The Morgan fingerprint density at radius 3 is 2.76 bits per heavy atom. The van der Waals surface area contributed by atoms with Crippen LogP contribution in [0.25, 0.3) is 0 Å². The maximum Gasteiger partial charge on any atom is 0.339 e. The molecule has 0 spiro atoms. The van der Waals surface area contributed by atoms with Gasteiger partial charge in [-0.3, -0.25) is 4.79 Å². The summed E-state index contributed by atoms with van der Waals surface area (Å²) in [5, 5.41) is 0. The molecule has 21 heavy (non-hydrogen) atoms. The van der Waals surface area contributed by atoms with E-state index < -0.39 is 5.97 Å². The van der Waals surface area contributed by atoms with Crippen molar-refractivity contribution < 1.29 is 18.7 Å². The van der Waals surface area contributed by atoms with E-state index in [2.05, 4.69) is 4.98 Å². The molecular weight excluding hydrogens is 290 g/mol. The van der Waals surface area contributed by atoms with Gasteiger partial charge < -0.3 is 14.1 Å². The summed E-state index contributed by atoms with van der Waals surface area (Å²) >= 11 is 1.47. The van der Waals surface area contributed by atoms with Crippen molar-refractivity contribution in [3.8, 4) is 0 Å². The van der Waals surface area contributed by atoms with Crippen LogP contribution in [-0.4, -0.2) is 29.6 Å². The second-order valence-electron chi connectivity index (χ2n) is 4.61. The van der Waals surface area contributed by atoms with E-state index in [0.29, 0.717) is 34.0 Å². The molecule has 2 aromatic rings. The number of carbonyl (C=O) groups excluding carboxylic acids is 2. The van der Waals surface area contributed by atoms with E-state index in [1.54, 1.807) is 20.1 Å². The van der Waals surface area contributed by atoms with Crippen molar-refractivity contribution in [1.82, 2.24) is 4.98 Å². The number of nitrogens with one attached hydrogen (secondary N) is 1. The van der Waals surface area contributed by atoms with E-state index in [1.807, 2.05) is 12.1 Å². The van der Waals surface area contributed by atoms with Crippen LogP contribution in [0.15, 0.2) is 22.8 Å². The number of thioether (sulfide) groups is 1. The number of carbonyl (C=O) groups is 2. The highest BCUT2D eigenvalue weighted by atomic mass is 32.2. The topological polar surface area (TPSA) is 72.3 Å². The zero-order valence-electron chi connectivity index (χ0n) is 12.2. The highest BCUT2D eigenvalue weighted by Crippen LogP contribution is 2.21. The molecule has 0 saturated heterocycles. The number of furan rings is 1. The molecule has 6 heteroatoms. The summed E-state index contributed by atoms with van der Waals surface area (Å²) < 4.78 is 9.95. The number of H-pyrrole nitrogens is 1. The molecule has 0 bridgehead atoms. The average molecular weight is 307 g/mol. The molecule has 0 fully saturated rings. The Morgan fingerprint density at radius 1 is 1.38 bits per heavy atom. The lowest BCUT2D eigenvalue weighted by molar-refractivity contribution is 0.0599. The molecule has 0 aliphatic rings. The first kappa shape index (κ1) is 15.4. The minimum absolute atomic E-state index is 0.0395. The van der Waals surface area contributed by atoms with Gasteiger partial charge in [0.2, 0.25) is 0 Å². The fourth-order valence-electron chi connectivity index (χ4n) is 2.15. The van der Waals surface area contributed by atoms with E-state index in [9.17, 15) is 9.59 Å². The lowest BCUT2D eigenvalue weighted by Gasteiger charge is -2.01. The van der Waals surface area contributed by atoms with Gasteiger partial charge in [0.15, 0.2) is 5.78 Å². The number of aryl methyl sites for hydroxylation is 1. The molecule has 0 radical (unpaired) electrons. The van der Waals surface area contributed by atoms with E-state index in [-0.39, 0.29) is 5.78 Å². The van der Waals surface area contributed by atoms with Crippen LogP contribution < -0.4 is 0 Å². The standard InChI is InChI=1S/C15H17NO4S/c1-9-13(15(18)19-3)10(2)16-14(9)12(17)8-21-7-11-5-4-6-20-11/h4-6,16H,7-8H2,1-3H3. The number of methoxy groups -OCH3 is 1. The largest absolute Gasteiger partial charge is 0.468 e. The molecule has 2 heterocycles. The van der Waals surface area contributed by atoms with Crippen LogP contribution in [0, 0.1) is 13.8 Å². The van der Waals surface area contributed by atoms with Gasteiger partial charge in [-0.25, -0.2) is 4.79 Å². The lowest BCUT2D eigenvalue weighted by atomic mass is 10.1. The summed E-state index contributed by atoms with van der Waals surface area (Å²) in [7, 11) is 1.33. The number of aromatic nitrogens is 1. The molecule has 0 aromatic carbocycles. The molecule has 0 unspecified atom stereocenters. The Kier molecular flexibility index (Phi) is 4.90. The second kappa shape index (κ2) is 6.67. The summed E-state index contributed by atoms with van der Waals surface area (Å²) in [4.78, 5) is 26.9. The molecule has 0 amide bonds. The van der Waals surface area contributed by atoms with Gasteiger partial charge in [-0.2, -0.15) is 0 Å². The summed E-state index contributed by atoms with van der Waals surface area (Å²) in [6.07, 6.45) is 1.61. The third-order valence-corrected chi connectivity index (χ3v) is 4.12. The summed E-state index contributed by atoms with van der Waals surface area (Å²) in [5.74, 6) is 1.33. The van der Waals surface area contributed by atoms with E-state index in [0.717, 1.165) is 5.76 Å². The molecule has 2 aromatic heterocycles. The first-order chi connectivity index (χ1) is 10.0. The zero-order chi connectivity index (χ0) is 15.4. The van der Waals surface area contributed by atoms with Crippen molar-refractivity contribution >= 4 is 23.5 Å². The number of aromatic amines is 1. The number of hydrogen-bond acceptors (Lipinski definition) is 5. The fourth-order valence-corrected chi connectivity index (χ4v) is 2.95. The van der Waals surface area contributed by atoms with Crippen molar-refractivity contribution in [2.24, 2.45) is 0 Å². The molecule has 2 rings (SSSR count). The van der Waals surface area contributed by atoms with E-state index >= 15 is 0 Å². The minimum Gasteiger partial charge on any atom is -0.468 e. The van der Waals surface area contributed by atoms with Gasteiger partial charge in [0.1, 0.15) is 5.76 Å². The Morgan fingerprint density at radius 2 is 2.14 bits per heavy atom. The van der Waals surface area contributed by atoms with Crippen molar-refractivity contribution in [2.45, 2.75) is 19.6 Å². The number of ether oxygens (including phenoxy) is 1. The van der Waals surface area contributed by atoms with Crippen molar-refractivity contribution in [3.63, 3.8) is 0 Å². The van der Waals surface area contributed by atoms with Gasteiger partial charge in [-0.05, 0) is 31.5 Å². The van der Waals surface area contributed by atoms with Crippen LogP contribution in [0.4, 0.5) is 0 Å². The monoisotopic (exact) mass is 307 g/mol. The Bertz CT molecular complexity index is 643. The highest BCUT2D eigenvalue weighted by Gasteiger charge is 2.22. The van der Waals surface area contributed by atoms with Crippen molar-refractivity contribution in [1.29, 1.82) is 0 Å². The molecule has 1 N–H and O–H groups in total. The van der Waals surface area contributed by atoms with Crippen LogP contribution in [0.2, 0.25) is 0 Å². The van der Waals surface area contributed by atoms with Crippen molar-refractivity contribution in [3.05, 3.63) is 46.7 Å². The smallest absolute Gasteiger partial charge is 0.339 e. The normalized spacial score (nSPS) is 10.6. The van der Waals surface area contributed by atoms with E-state index in [4.69, 9.17) is 9.15 Å². The second-order valence-corrected chi connectivity index (χ2v) is 5.60. The number of hydrogen-bond donors (Lipinski definition) is 1. The molecule has 0 aliphatic carbocycles. The van der Waals surface area contributed by atoms with Gasteiger partial charge in [0.25, 0.3) is 0 Å². The van der Waals surface area contributed by atoms with Gasteiger partial charge >= 0.3 is 5.97 Å². The van der Waals surface area contributed by atoms with Gasteiger partial charge in [0.05, 0.1) is 36.1 Å². The first-order valence-corrected chi connectivity index (χ1v) is 7.60. The molecule has 5 nitrogen and oxygen atoms in total. The molecule has 0 saturated carbocycles. The molecular formula is C15H17NO4S. The minimum atomic E-state index is -0.427. The number of Topliss-reactive ketones (excluding diaryl/α,β-unsaturated/α-hetero) is 1. The molecule has 112 valence electrons. The quantitative estimate of drug-likeness (QED) is 0.655. The molecule has 0 aliphatic heterocycles. The third-order valence-electron chi connectivity index (χ3n) is 3.16. The zero-order valence-corrected chi connectivity index (χ0v) is 13.0. The van der Waals surface area contributed by atoms with Crippen LogP contribution in [0.3, 0.4) is 0 Å². The maximum atomic E-state index is 12.2. The maximum absolute atomic E-state index is 12.2. The van der Waals surface area contributed by atoms with Crippen molar-refractivity contribution in [2.75, 3.05) is 12.9 Å². The number of rotatable bonds is 6. The Balaban J connectivity index is 2.04.